The van der Waals surface area contributed by atoms with Gasteiger partial charge in [0.05, 0.1) is 0 Å². The number of hydrogen-bond acceptors (Lipinski definition) is 0. The van der Waals surface area contributed by atoms with Crippen LogP contribution in [0.5, 0.6) is 0 Å². The van der Waals surface area contributed by atoms with Crippen molar-refractivity contribution >= 4 is 6.08 Å². The zero-order valence-corrected chi connectivity index (χ0v) is 13.6. The molecule has 0 unspecified atom stereocenters. The van der Waals surface area contributed by atoms with E-state index in [1.807, 2.05) is 6.08 Å². The molecule has 0 N–H and O–H groups in total. The van der Waals surface area contributed by atoms with Gasteiger partial charge in [0.25, 0.3) is 0 Å². The fourth-order valence-corrected chi connectivity index (χ4v) is 2.73. The largest absolute Gasteiger partial charge is 0.0985 e. The van der Waals surface area contributed by atoms with E-state index >= 15 is 0 Å². The van der Waals surface area contributed by atoms with Crippen LogP contribution in [0.2, 0.25) is 0 Å². The number of hydrogen-bond donors (Lipinski definition) is 0. The van der Waals surface area contributed by atoms with Crippen LogP contribution in [-0.2, 0) is 12.8 Å². The summed E-state index contributed by atoms with van der Waals surface area (Å²) in [6.07, 6.45) is 15.2. The maximum Gasteiger partial charge on any atom is -0.0260 e. The van der Waals surface area contributed by atoms with Crippen molar-refractivity contribution in [3.05, 3.63) is 41.5 Å². The molecule has 0 heterocycles. The van der Waals surface area contributed by atoms with E-state index in [0.717, 1.165) is 0 Å². The van der Waals surface area contributed by atoms with E-state index < -0.39 is 0 Å². The van der Waals surface area contributed by atoms with E-state index in [9.17, 15) is 0 Å². The molecule has 0 aromatic heterocycles. The molecule has 0 aliphatic rings. The smallest absolute Gasteiger partial charge is 0.0260 e. The Kier molecular flexibility index (Phi) is 9.11. The molecule has 0 nitrogen and oxygen atoms in total. The van der Waals surface area contributed by atoms with Gasteiger partial charge in [-0.1, -0.05) is 83.2 Å². The standard InChI is InChI=1S/C20H32/c1-4-7-9-11-13-19-16-15-18(6-3)17-20(19)14-12-10-8-5-2/h6,15-17H,3-5,7-14H2,1-2H3. The molecular weight excluding hydrogens is 240 g/mol. The third kappa shape index (κ3) is 6.41. The van der Waals surface area contributed by atoms with Crippen molar-refractivity contribution in [2.45, 2.75) is 78.1 Å². The predicted molar refractivity (Wildman–Crippen MR) is 92.2 cm³/mol. The molecule has 20 heavy (non-hydrogen) atoms. The number of rotatable bonds is 11. The second-order valence-electron chi connectivity index (χ2n) is 5.85. The lowest BCUT2D eigenvalue weighted by atomic mass is 9.95. The first-order chi connectivity index (χ1) is 9.81. The van der Waals surface area contributed by atoms with Crippen molar-refractivity contribution in [1.29, 1.82) is 0 Å². The van der Waals surface area contributed by atoms with Crippen LogP contribution in [0.25, 0.3) is 6.08 Å². The van der Waals surface area contributed by atoms with Crippen molar-refractivity contribution in [3.8, 4) is 0 Å². The van der Waals surface area contributed by atoms with Gasteiger partial charge in [0.15, 0.2) is 0 Å². The monoisotopic (exact) mass is 272 g/mol. The van der Waals surface area contributed by atoms with Gasteiger partial charge in [-0.3, -0.25) is 0 Å². The Hall–Kier alpha value is -1.04. The van der Waals surface area contributed by atoms with E-state index in [0.29, 0.717) is 0 Å². The molecular formula is C20H32. The highest BCUT2D eigenvalue weighted by molar-refractivity contribution is 5.50. The quantitative estimate of drug-likeness (QED) is 0.399. The van der Waals surface area contributed by atoms with Crippen molar-refractivity contribution in [2.75, 3.05) is 0 Å². The molecule has 0 radical (unpaired) electrons. The van der Waals surface area contributed by atoms with Gasteiger partial charge in [0.2, 0.25) is 0 Å². The van der Waals surface area contributed by atoms with Crippen LogP contribution >= 0.6 is 0 Å². The first-order valence-corrected chi connectivity index (χ1v) is 8.56. The Morgan fingerprint density at radius 2 is 1.40 bits per heavy atom. The Balaban J connectivity index is 2.58. The molecule has 0 spiro atoms. The predicted octanol–water partition coefficient (Wildman–Crippen LogP) is 6.58. The van der Waals surface area contributed by atoms with Crippen molar-refractivity contribution < 1.29 is 0 Å². The lowest BCUT2D eigenvalue weighted by Crippen LogP contribution is -1.96. The molecule has 0 atom stereocenters. The molecule has 1 rings (SSSR count). The van der Waals surface area contributed by atoms with E-state index in [1.165, 1.54) is 69.8 Å². The van der Waals surface area contributed by atoms with Crippen molar-refractivity contribution in [2.24, 2.45) is 0 Å². The first kappa shape index (κ1) is 17.0. The van der Waals surface area contributed by atoms with E-state index in [-0.39, 0.29) is 0 Å². The number of aryl methyl sites for hydroxylation is 2. The summed E-state index contributed by atoms with van der Waals surface area (Å²) in [5.41, 5.74) is 4.41. The fourth-order valence-electron chi connectivity index (χ4n) is 2.73. The van der Waals surface area contributed by atoms with Gasteiger partial charge in [0, 0.05) is 0 Å². The van der Waals surface area contributed by atoms with Gasteiger partial charge in [-0.15, -0.1) is 0 Å². The Labute approximate surface area is 126 Å². The Morgan fingerprint density at radius 3 is 1.95 bits per heavy atom. The molecule has 0 aliphatic carbocycles. The summed E-state index contributed by atoms with van der Waals surface area (Å²) < 4.78 is 0. The van der Waals surface area contributed by atoms with Crippen LogP contribution in [0.3, 0.4) is 0 Å². The SMILES string of the molecule is C=Cc1ccc(CCCCCC)c(CCCCCC)c1. The normalized spacial score (nSPS) is 10.7. The van der Waals surface area contributed by atoms with E-state index in [4.69, 9.17) is 0 Å². The summed E-state index contributed by atoms with van der Waals surface area (Å²) in [6, 6.07) is 6.91. The minimum absolute atomic E-state index is 1.24. The van der Waals surface area contributed by atoms with Crippen LogP contribution in [0.15, 0.2) is 24.8 Å². The van der Waals surface area contributed by atoms with Gasteiger partial charge in [-0.05, 0) is 42.4 Å². The van der Waals surface area contributed by atoms with E-state index in [1.54, 1.807) is 11.1 Å². The summed E-state index contributed by atoms with van der Waals surface area (Å²) in [6.45, 7) is 8.45. The van der Waals surface area contributed by atoms with Gasteiger partial charge >= 0.3 is 0 Å². The molecule has 0 amide bonds. The summed E-state index contributed by atoms with van der Waals surface area (Å²) in [4.78, 5) is 0. The van der Waals surface area contributed by atoms with Crippen molar-refractivity contribution in [3.63, 3.8) is 0 Å². The summed E-state index contributed by atoms with van der Waals surface area (Å²) in [5.74, 6) is 0. The molecule has 0 fully saturated rings. The summed E-state index contributed by atoms with van der Waals surface area (Å²) in [7, 11) is 0. The highest BCUT2D eigenvalue weighted by atomic mass is 14.1. The van der Waals surface area contributed by atoms with Crippen LogP contribution in [0, 0.1) is 0 Å². The van der Waals surface area contributed by atoms with Gasteiger partial charge in [-0.25, -0.2) is 0 Å². The molecule has 0 saturated carbocycles. The average Bonchev–Trinajstić information content (AvgIpc) is 2.49. The van der Waals surface area contributed by atoms with Gasteiger partial charge in [-0.2, -0.15) is 0 Å². The lowest BCUT2D eigenvalue weighted by molar-refractivity contribution is 0.650. The van der Waals surface area contributed by atoms with Crippen molar-refractivity contribution in [1.82, 2.24) is 0 Å². The summed E-state index contributed by atoms with van der Waals surface area (Å²) in [5, 5.41) is 0. The molecule has 0 saturated heterocycles. The Morgan fingerprint density at radius 1 is 0.800 bits per heavy atom. The molecule has 112 valence electrons. The molecule has 0 aliphatic heterocycles. The number of benzene rings is 1. The average molecular weight is 272 g/mol. The first-order valence-electron chi connectivity index (χ1n) is 8.56. The third-order valence-electron chi connectivity index (χ3n) is 4.07. The topological polar surface area (TPSA) is 0 Å². The third-order valence-corrected chi connectivity index (χ3v) is 4.07. The molecule has 0 heteroatoms. The highest BCUT2D eigenvalue weighted by Gasteiger charge is 2.03. The van der Waals surface area contributed by atoms with Crippen LogP contribution in [0.4, 0.5) is 0 Å². The molecule has 0 bridgehead atoms. The summed E-state index contributed by atoms with van der Waals surface area (Å²) >= 11 is 0. The maximum atomic E-state index is 3.90. The second-order valence-corrected chi connectivity index (χ2v) is 5.85. The maximum absolute atomic E-state index is 3.90. The highest BCUT2D eigenvalue weighted by Crippen LogP contribution is 2.19. The molecule has 1 aromatic rings. The van der Waals surface area contributed by atoms with Crippen LogP contribution in [-0.4, -0.2) is 0 Å². The Bertz CT molecular complexity index is 376. The zero-order chi connectivity index (χ0) is 14.6. The van der Waals surface area contributed by atoms with E-state index in [2.05, 4.69) is 38.6 Å². The minimum Gasteiger partial charge on any atom is -0.0985 e. The second kappa shape index (κ2) is 10.7. The number of unbranched alkanes of at least 4 members (excludes halogenated alkanes) is 6. The lowest BCUT2D eigenvalue weighted by Gasteiger charge is -2.11. The van der Waals surface area contributed by atoms with Crippen LogP contribution in [0.1, 0.15) is 81.9 Å². The van der Waals surface area contributed by atoms with Crippen LogP contribution < -0.4 is 0 Å². The molecule has 1 aromatic carbocycles. The zero-order valence-electron chi connectivity index (χ0n) is 13.6. The van der Waals surface area contributed by atoms with Gasteiger partial charge in [0.1, 0.15) is 0 Å². The fraction of sp³-hybridized carbons (Fsp3) is 0.600. The minimum atomic E-state index is 1.24. The van der Waals surface area contributed by atoms with Gasteiger partial charge < -0.3 is 0 Å².